The Balaban J connectivity index is 1.73. The fourth-order valence-corrected chi connectivity index (χ4v) is 1.87. The number of hydrogen-bond acceptors (Lipinski definition) is 3. The van der Waals surface area contributed by atoms with E-state index in [9.17, 15) is 0 Å². The number of nitrogens with zero attached hydrogens (tertiary/aromatic N) is 1. The minimum atomic E-state index is 0.593. The Hall–Kier alpha value is -1.51. The molecule has 0 radical (unpaired) electrons. The monoisotopic (exact) mass is 217 g/mol. The van der Waals surface area contributed by atoms with Gasteiger partial charge in [-0.15, -0.1) is 0 Å². The van der Waals surface area contributed by atoms with Gasteiger partial charge in [0.05, 0.1) is 6.54 Å². The summed E-state index contributed by atoms with van der Waals surface area (Å²) in [5.41, 5.74) is 1.41. The summed E-state index contributed by atoms with van der Waals surface area (Å²) >= 11 is 0. The zero-order valence-electron chi connectivity index (χ0n) is 9.74. The van der Waals surface area contributed by atoms with Crippen molar-refractivity contribution in [1.29, 1.82) is 0 Å². The van der Waals surface area contributed by atoms with Crippen molar-refractivity contribution < 1.29 is 0 Å². The number of rotatable bonds is 4. The van der Waals surface area contributed by atoms with Gasteiger partial charge in [-0.05, 0) is 17.9 Å². The third-order valence-electron chi connectivity index (χ3n) is 2.91. The average molecular weight is 217 g/mol. The fraction of sp³-hybridized carbons (Fsp3) is 0.462. The van der Waals surface area contributed by atoms with E-state index in [2.05, 4.69) is 52.9 Å². The molecule has 3 heteroatoms. The van der Waals surface area contributed by atoms with Crippen molar-refractivity contribution >= 4 is 5.96 Å². The van der Waals surface area contributed by atoms with Gasteiger partial charge < -0.3 is 10.6 Å². The lowest BCUT2D eigenvalue weighted by molar-refractivity contribution is 0.657. The maximum Gasteiger partial charge on any atom is 0.191 e. The summed E-state index contributed by atoms with van der Waals surface area (Å²) < 4.78 is 0. The van der Waals surface area contributed by atoms with Crippen LogP contribution in [0.2, 0.25) is 0 Å². The summed E-state index contributed by atoms with van der Waals surface area (Å²) in [5.74, 6) is 1.55. The largest absolute Gasteiger partial charge is 0.356 e. The van der Waals surface area contributed by atoms with Gasteiger partial charge in [-0.1, -0.05) is 37.3 Å². The van der Waals surface area contributed by atoms with Crippen LogP contribution in [0.3, 0.4) is 0 Å². The predicted octanol–water partition coefficient (Wildman–Crippen LogP) is 1.73. The van der Waals surface area contributed by atoms with Crippen LogP contribution in [0.25, 0.3) is 0 Å². The lowest BCUT2D eigenvalue weighted by Crippen LogP contribution is -2.34. The van der Waals surface area contributed by atoms with Crippen LogP contribution in [0, 0.1) is 0 Å². The molecule has 1 aliphatic heterocycles. The van der Waals surface area contributed by atoms with Crippen molar-refractivity contribution in [2.24, 2.45) is 4.99 Å². The first kappa shape index (κ1) is 11.0. The normalized spacial score (nSPS) is 16.4. The molecule has 1 atom stereocenters. The highest BCUT2D eigenvalue weighted by Crippen LogP contribution is 2.17. The standard InChI is InChI=1S/C13H19N3/c1-11(12-5-3-2-4-6-12)7-8-14-13-15-9-10-16-13/h2-6,11H,7-10H2,1H3,(H2,14,15,16). The molecule has 0 bridgehead atoms. The summed E-state index contributed by atoms with van der Waals surface area (Å²) in [7, 11) is 0. The summed E-state index contributed by atoms with van der Waals surface area (Å²) in [4.78, 5) is 4.30. The van der Waals surface area contributed by atoms with Gasteiger partial charge in [-0.2, -0.15) is 0 Å². The molecular formula is C13H19N3. The van der Waals surface area contributed by atoms with Crippen LogP contribution in [0.1, 0.15) is 24.8 Å². The van der Waals surface area contributed by atoms with Gasteiger partial charge in [-0.25, -0.2) is 0 Å². The molecule has 0 saturated carbocycles. The first-order chi connectivity index (χ1) is 7.86. The van der Waals surface area contributed by atoms with Gasteiger partial charge in [0.1, 0.15) is 0 Å². The second-order valence-corrected chi connectivity index (χ2v) is 4.18. The molecule has 0 saturated heterocycles. The van der Waals surface area contributed by atoms with Crippen LogP contribution in [0.15, 0.2) is 35.3 Å². The summed E-state index contributed by atoms with van der Waals surface area (Å²) in [6.45, 7) is 5.11. The zero-order chi connectivity index (χ0) is 11.2. The molecule has 0 aliphatic carbocycles. The van der Waals surface area contributed by atoms with E-state index in [4.69, 9.17) is 0 Å². The van der Waals surface area contributed by atoms with Crippen LogP contribution in [0.5, 0.6) is 0 Å². The van der Waals surface area contributed by atoms with E-state index in [1.54, 1.807) is 0 Å². The summed E-state index contributed by atoms with van der Waals surface area (Å²) in [6, 6.07) is 10.6. The Morgan fingerprint density at radius 1 is 1.38 bits per heavy atom. The molecule has 3 nitrogen and oxygen atoms in total. The molecular weight excluding hydrogens is 198 g/mol. The first-order valence-electron chi connectivity index (χ1n) is 5.93. The first-order valence-corrected chi connectivity index (χ1v) is 5.93. The van der Waals surface area contributed by atoms with Gasteiger partial charge in [0, 0.05) is 13.1 Å². The molecule has 16 heavy (non-hydrogen) atoms. The van der Waals surface area contributed by atoms with E-state index in [1.165, 1.54) is 5.56 Å². The van der Waals surface area contributed by atoms with Crippen molar-refractivity contribution in [2.75, 3.05) is 19.6 Å². The molecule has 2 rings (SSSR count). The Morgan fingerprint density at radius 2 is 2.19 bits per heavy atom. The third kappa shape index (κ3) is 2.99. The summed E-state index contributed by atoms with van der Waals surface area (Å²) in [5, 5.41) is 6.53. The maximum absolute atomic E-state index is 4.30. The predicted molar refractivity (Wildman–Crippen MR) is 67.8 cm³/mol. The topological polar surface area (TPSA) is 36.4 Å². The Bertz CT molecular complexity index is 345. The minimum Gasteiger partial charge on any atom is -0.356 e. The lowest BCUT2D eigenvalue weighted by atomic mass is 9.98. The molecule has 1 aromatic rings. The minimum absolute atomic E-state index is 0.593. The van der Waals surface area contributed by atoms with E-state index in [0.717, 1.165) is 32.0 Å². The van der Waals surface area contributed by atoms with E-state index in [-0.39, 0.29) is 0 Å². The molecule has 0 spiro atoms. The molecule has 0 aromatic heterocycles. The van der Waals surface area contributed by atoms with E-state index >= 15 is 0 Å². The molecule has 86 valence electrons. The second kappa shape index (κ2) is 5.54. The highest BCUT2D eigenvalue weighted by molar-refractivity contribution is 5.81. The number of nitrogens with one attached hydrogen (secondary N) is 2. The van der Waals surface area contributed by atoms with Crippen LogP contribution >= 0.6 is 0 Å². The Kier molecular flexibility index (Phi) is 3.81. The molecule has 1 heterocycles. The van der Waals surface area contributed by atoms with Crippen molar-refractivity contribution in [2.45, 2.75) is 19.3 Å². The quantitative estimate of drug-likeness (QED) is 0.806. The SMILES string of the molecule is CC(CCNC1=NCCN1)c1ccccc1. The van der Waals surface area contributed by atoms with Gasteiger partial charge in [0.15, 0.2) is 5.96 Å². The Morgan fingerprint density at radius 3 is 2.88 bits per heavy atom. The van der Waals surface area contributed by atoms with Gasteiger partial charge in [-0.3, -0.25) is 4.99 Å². The van der Waals surface area contributed by atoms with Crippen LogP contribution in [0.4, 0.5) is 0 Å². The van der Waals surface area contributed by atoms with E-state index < -0.39 is 0 Å². The number of guanidine groups is 1. The molecule has 0 fully saturated rings. The number of hydrogen-bond donors (Lipinski definition) is 2. The average Bonchev–Trinajstić information content (AvgIpc) is 2.83. The molecule has 1 aromatic carbocycles. The Labute approximate surface area is 97.0 Å². The molecule has 0 amide bonds. The zero-order valence-corrected chi connectivity index (χ0v) is 9.74. The smallest absolute Gasteiger partial charge is 0.191 e. The van der Waals surface area contributed by atoms with Crippen molar-refractivity contribution in [3.05, 3.63) is 35.9 Å². The van der Waals surface area contributed by atoms with Crippen molar-refractivity contribution in [1.82, 2.24) is 10.6 Å². The van der Waals surface area contributed by atoms with Gasteiger partial charge >= 0.3 is 0 Å². The molecule has 2 N–H and O–H groups in total. The second-order valence-electron chi connectivity index (χ2n) is 4.18. The van der Waals surface area contributed by atoms with Crippen LogP contribution in [-0.2, 0) is 0 Å². The molecule has 1 unspecified atom stereocenters. The van der Waals surface area contributed by atoms with Gasteiger partial charge in [0.25, 0.3) is 0 Å². The van der Waals surface area contributed by atoms with Gasteiger partial charge in [0.2, 0.25) is 0 Å². The third-order valence-corrected chi connectivity index (χ3v) is 2.91. The van der Waals surface area contributed by atoms with E-state index in [0.29, 0.717) is 5.92 Å². The lowest BCUT2D eigenvalue weighted by Gasteiger charge is -2.12. The molecule has 1 aliphatic rings. The fourth-order valence-electron chi connectivity index (χ4n) is 1.87. The highest BCUT2D eigenvalue weighted by Gasteiger charge is 2.06. The van der Waals surface area contributed by atoms with Crippen molar-refractivity contribution in [3.8, 4) is 0 Å². The van der Waals surface area contributed by atoms with E-state index in [1.807, 2.05) is 0 Å². The number of aliphatic imine (C=N–C) groups is 1. The van der Waals surface area contributed by atoms with Crippen LogP contribution < -0.4 is 10.6 Å². The highest BCUT2D eigenvalue weighted by atomic mass is 15.2. The summed E-state index contributed by atoms with van der Waals surface area (Å²) in [6.07, 6.45) is 1.13. The maximum atomic E-state index is 4.30. The number of benzene rings is 1. The van der Waals surface area contributed by atoms with Crippen LogP contribution in [-0.4, -0.2) is 25.6 Å². The van der Waals surface area contributed by atoms with Crippen molar-refractivity contribution in [3.63, 3.8) is 0 Å².